The second-order valence-corrected chi connectivity index (χ2v) is 6.73. The molecule has 0 aliphatic carbocycles. The van der Waals surface area contributed by atoms with Gasteiger partial charge in [0.2, 0.25) is 0 Å². The molecule has 1 N–H and O–H groups in total. The van der Waals surface area contributed by atoms with Crippen LogP contribution in [-0.2, 0) is 16.7 Å². The normalized spacial score (nSPS) is 16.8. The summed E-state index contributed by atoms with van der Waals surface area (Å²) < 4.78 is 10.8. The molecular formula is C20H24ClNO2. The predicted octanol–water partition coefficient (Wildman–Crippen LogP) is 4.19. The van der Waals surface area contributed by atoms with E-state index in [4.69, 9.17) is 21.1 Å². The van der Waals surface area contributed by atoms with Crippen LogP contribution in [0.1, 0.15) is 24.0 Å². The van der Waals surface area contributed by atoms with Crippen molar-refractivity contribution in [2.75, 3.05) is 26.9 Å². The van der Waals surface area contributed by atoms with Crippen molar-refractivity contribution in [2.24, 2.45) is 0 Å². The first kappa shape index (κ1) is 17.3. The van der Waals surface area contributed by atoms with E-state index in [9.17, 15) is 0 Å². The van der Waals surface area contributed by atoms with Gasteiger partial charge in [-0.3, -0.25) is 0 Å². The van der Waals surface area contributed by atoms with Gasteiger partial charge >= 0.3 is 0 Å². The molecule has 0 amide bonds. The average Bonchev–Trinajstić information content (AvgIpc) is 2.63. The maximum Gasteiger partial charge on any atom is 0.118 e. The summed E-state index contributed by atoms with van der Waals surface area (Å²) in [6.45, 7) is 3.30. The summed E-state index contributed by atoms with van der Waals surface area (Å²) in [5.41, 5.74) is 2.53. The van der Waals surface area contributed by atoms with Gasteiger partial charge in [-0.05, 0) is 42.2 Å². The van der Waals surface area contributed by atoms with Crippen LogP contribution in [0.5, 0.6) is 5.75 Å². The molecule has 0 radical (unpaired) electrons. The zero-order chi connectivity index (χ0) is 16.8. The zero-order valence-corrected chi connectivity index (χ0v) is 14.8. The van der Waals surface area contributed by atoms with Crippen LogP contribution < -0.4 is 10.1 Å². The van der Waals surface area contributed by atoms with E-state index < -0.39 is 0 Å². The first-order valence-corrected chi connectivity index (χ1v) is 8.78. The molecule has 1 aliphatic heterocycles. The van der Waals surface area contributed by atoms with Gasteiger partial charge in [0.25, 0.3) is 0 Å². The van der Waals surface area contributed by atoms with E-state index in [0.29, 0.717) is 0 Å². The highest BCUT2D eigenvalue weighted by atomic mass is 35.5. The van der Waals surface area contributed by atoms with Crippen LogP contribution in [0.4, 0.5) is 0 Å². The molecular weight excluding hydrogens is 322 g/mol. The fraction of sp³-hybridized carbons (Fsp3) is 0.400. The first-order chi connectivity index (χ1) is 11.7. The van der Waals surface area contributed by atoms with E-state index in [0.717, 1.165) is 49.9 Å². The van der Waals surface area contributed by atoms with Crippen molar-refractivity contribution >= 4 is 11.6 Å². The Morgan fingerprint density at radius 2 is 1.79 bits per heavy atom. The molecule has 1 heterocycles. The van der Waals surface area contributed by atoms with Crippen LogP contribution in [0.15, 0.2) is 48.5 Å². The number of ether oxygens (including phenoxy) is 2. The maximum atomic E-state index is 6.49. The summed E-state index contributed by atoms with van der Waals surface area (Å²) >= 11 is 6.49. The number of hydrogen-bond donors (Lipinski definition) is 1. The topological polar surface area (TPSA) is 30.5 Å². The van der Waals surface area contributed by atoms with Crippen LogP contribution in [0.3, 0.4) is 0 Å². The fourth-order valence-corrected chi connectivity index (χ4v) is 3.72. The summed E-state index contributed by atoms with van der Waals surface area (Å²) in [7, 11) is 1.69. The third-order valence-electron chi connectivity index (χ3n) is 4.85. The Labute approximate surface area is 148 Å². The van der Waals surface area contributed by atoms with E-state index in [2.05, 4.69) is 29.6 Å². The molecule has 128 valence electrons. The lowest BCUT2D eigenvalue weighted by Gasteiger charge is -2.38. The highest BCUT2D eigenvalue weighted by molar-refractivity contribution is 6.31. The van der Waals surface area contributed by atoms with E-state index in [1.54, 1.807) is 7.11 Å². The second kappa shape index (κ2) is 8.02. The van der Waals surface area contributed by atoms with Crippen molar-refractivity contribution in [3.8, 4) is 5.75 Å². The number of rotatable bonds is 6. The summed E-state index contributed by atoms with van der Waals surface area (Å²) in [5.74, 6) is 0.885. The quantitative estimate of drug-likeness (QED) is 0.851. The second-order valence-electron chi connectivity index (χ2n) is 6.32. The van der Waals surface area contributed by atoms with Gasteiger partial charge in [-0.15, -0.1) is 0 Å². The first-order valence-electron chi connectivity index (χ1n) is 8.40. The summed E-state index contributed by atoms with van der Waals surface area (Å²) in [4.78, 5) is 0. The molecule has 0 atom stereocenters. The SMILES string of the molecule is COc1ccc(CNCC2(c3ccccc3Cl)CCOCC2)cc1. The van der Waals surface area contributed by atoms with Gasteiger partial charge in [-0.2, -0.15) is 0 Å². The molecule has 1 saturated heterocycles. The molecule has 0 saturated carbocycles. The minimum absolute atomic E-state index is 0.0447. The monoisotopic (exact) mass is 345 g/mol. The van der Waals surface area contributed by atoms with Crippen molar-refractivity contribution in [2.45, 2.75) is 24.8 Å². The minimum atomic E-state index is 0.0447. The average molecular weight is 346 g/mol. The Bertz CT molecular complexity index is 651. The minimum Gasteiger partial charge on any atom is -0.497 e. The van der Waals surface area contributed by atoms with Gasteiger partial charge in [0.1, 0.15) is 5.75 Å². The van der Waals surface area contributed by atoms with Gasteiger partial charge in [-0.25, -0.2) is 0 Å². The number of nitrogens with one attached hydrogen (secondary N) is 1. The van der Waals surface area contributed by atoms with Crippen molar-refractivity contribution in [3.63, 3.8) is 0 Å². The zero-order valence-electron chi connectivity index (χ0n) is 14.1. The van der Waals surface area contributed by atoms with Gasteiger partial charge in [0.05, 0.1) is 7.11 Å². The maximum absolute atomic E-state index is 6.49. The van der Waals surface area contributed by atoms with E-state index >= 15 is 0 Å². The number of halogens is 1. The molecule has 0 aromatic heterocycles. The third kappa shape index (κ3) is 3.92. The highest BCUT2D eigenvalue weighted by Crippen LogP contribution is 2.38. The van der Waals surface area contributed by atoms with Crippen molar-refractivity contribution in [1.82, 2.24) is 5.32 Å². The summed E-state index contributed by atoms with van der Waals surface area (Å²) in [6.07, 6.45) is 1.98. The Hall–Kier alpha value is -1.55. The molecule has 4 heteroatoms. The molecule has 2 aromatic carbocycles. The predicted molar refractivity (Wildman–Crippen MR) is 97.9 cm³/mol. The van der Waals surface area contributed by atoms with Crippen LogP contribution in [-0.4, -0.2) is 26.9 Å². The molecule has 3 rings (SSSR count). The molecule has 24 heavy (non-hydrogen) atoms. The molecule has 0 unspecified atom stereocenters. The van der Waals surface area contributed by atoms with Crippen LogP contribution >= 0.6 is 11.6 Å². The van der Waals surface area contributed by atoms with Crippen molar-refractivity contribution in [3.05, 3.63) is 64.7 Å². The van der Waals surface area contributed by atoms with Crippen LogP contribution in [0.2, 0.25) is 5.02 Å². The van der Waals surface area contributed by atoms with E-state index in [-0.39, 0.29) is 5.41 Å². The Morgan fingerprint density at radius 3 is 2.46 bits per heavy atom. The molecule has 3 nitrogen and oxygen atoms in total. The molecule has 2 aromatic rings. The Kier molecular flexibility index (Phi) is 5.77. The van der Waals surface area contributed by atoms with Gasteiger partial charge in [0, 0.05) is 36.7 Å². The molecule has 1 aliphatic rings. The van der Waals surface area contributed by atoms with Gasteiger partial charge in [0.15, 0.2) is 0 Å². The van der Waals surface area contributed by atoms with Crippen LogP contribution in [0.25, 0.3) is 0 Å². The Balaban J connectivity index is 1.69. The lowest BCUT2D eigenvalue weighted by Crippen LogP contribution is -2.42. The largest absolute Gasteiger partial charge is 0.497 e. The molecule has 0 bridgehead atoms. The summed E-state index contributed by atoms with van der Waals surface area (Å²) in [5, 5.41) is 4.47. The Morgan fingerprint density at radius 1 is 1.08 bits per heavy atom. The highest BCUT2D eigenvalue weighted by Gasteiger charge is 2.35. The standard InChI is InChI=1S/C20H24ClNO2/c1-23-17-8-6-16(7-9-17)14-22-15-20(10-12-24-13-11-20)18-4-2-3-5-19(18)21/h2-9,22H,10-15H2,1H3. The molecule has 1 fully saturated rings. The molecule has 0 spiro atoms. The smallest absolute Gasteiger partial charge is 0.118 e. The van der Waals surface area contributed by atoms with Crippen molar-refractivity contribution in [1.29, 1.82) is 0 Å². The van der Waals surface area contributed by atoms with E-state index in [1.165, 1.54) is 11.1 Å². The van der Waals surface area contributed by atoms with Gasteiger partial charge in [-0.1, -0.05) is 41.9 Å². The van der Waals surface area contributed by atoms with Gasteiger partial charge < -0.3 is 14.8 Å². The lowest BCUT2D eigenvalue weighted by molar-refractivity contribution is 0.0498. The lowest BCUT2D eigenvalue weighted by atomic mass is 9.74. The summed E-state index contributed by atoms with van der Waals surface area (Å²) in [6, 6.07) is 16.4. The van der Waals surface area contributed by atoms with Crippen molar-refractivity contribution < 1.29 is 9.47 Å². The van der Waals surface area contributed by atoms with E-state index in [1.807, 2.05) is 24.3 Å². The number of hydrogen-bond acceptors (Lipinski definition) is 3. The number of benzene rings is 2. The third-order valence-corrected chi connectivity index (χ3v) is 5.18. The van der Waals surface area contributed by atoms with Crippen LogP contribution in [0, 0.1) is 0 Å². The fourth-order valence-electron chi connectivity index (χ4n) is 3.38. The number of methoxy groups -OCH3 is 1.